The summed E-state index contributed by atoms with van der Waals surface area (Å²) in [5.41, 5.74) is 0. The molecule has 0 unspecified atom stereocenters. The van der Waals surface area contributed by atoms with E-state index >= 15 is 0 Å². The molecule has 0 radical (unpaired) electrons. The van der Waals surface area contributed by atoms with Crippen LogP contribution in [0.3, 0.4) is 0 Å². The zero-order valence-corrected chi connectivity index (χ0v) is 12.8. The fraction of sp³-hybridized carbons (Fsp3) is 1.00. The second-order valence-corrected chi connectivity index (χ2v) is 8.41. The van der Waals surface area contributed by atoms with Gasteiger partial charge in [-0.15, -0.1) is 0 Å². The smallest absolute Gasteiger partial charge is 0.215 e. The summed E-state index contributed by atoms with van der Waals surface area (Å²) in [5.74, 6) is -0.167. The fourth-order valence-electron chi connectivity index (χ4n) is 1.69. The van der Waals surface area contributed by atoms with Crippen molar-refractivity contribution in [3.63, 3.8) is 0 Å². The lowest BCUT2D eigenvalue weighted by molar-refractivity contribution is 0.0730. The van der Waals surface area contributed by atoms with E-state index in [0.717, 1.165) is 6.42 Å². The molecule has 1 heterocycles. The fourth-order valence-corrected chi connectivity index (χ4v) is 4.37. The van der Waals surface area contributed by atoms with Gasteiger partial charge in [-0.1, -0.05) is 13.3 Å². The number of sulfonamides is 2. The molecule has 0 aromatic rings. The largest absolute Gasteiger partial charge is 0.379 e. The Hall–Kier alpha value is -0.220. The molecule has 0 spiro atoms. The van der Waals surface area contributed by atoms with Crippen LogP contribution in [0.4, 0.5) is 0 Å². The van der Waals surface area contributed by atoms with Crippen LogP contribution in [0, 0.1) is 0 Å². The second-order valence-electron chi connectivity index (χ2n) is 4.39. The molecule has 1 aliphatic heterocycles. The summed E-state index contributed by atoms with van der Waals surface area (Å²) in [7, 11) is -6.75. The molecule has 0 aromatic heterocycles. The summed E-state index contributed by atoms with van der Waals surface area (Å²) < 4.78 is 55.6. The molecule has 1 saturated heterocycles. The van der Waals surface area contributed by atoms with Gasteiger partial charge in [0.25, 0.3) is 0 Å². The second kappa shape index (κ2) is 7.53. The molecule has 0 saturated carbocycles. The van der Waals surface area contributed by atoms with Gasteiger partial charge in [0.15, 0.2) is 0 Å². The van der Waals surface area contributed by atoms with Crippen molar-refractivity contribution in [3.05, 3.63) is 0 Å². The molecule has 1 N–H and O–H groups in total. The normalized spacial score (nSPS) is 18.6. The van der Waals surface area contributed by atoms with Crippen molar-refractivity contribution in [1.29, 1.82) is 0 Å². The van der Waals surface area contributed by atoms with Gasteiger partial charge in [-0.2, -0.15) is 4.31 Å². The molecular formula is C10H22N2O5S2. The summed E-state index contributed by atoms with van der Waals surface area (Å²) in [6, 6.07) is 0. The first-order valence-electron chi connectivity index (χ1n) is 6.40. The molecule has 114 valence electrons. The average molecular weight is 314 g/mol. The van der Waals surface area contributed by atoms with Crippen LogP contribution in [0.1, 0.15) is 19.8 Å². The Labute approximate surface area is 115 Å². The van der Waals surface area contributed by atoms with E-state index in [-0.39, 0.29) is 18.1 Å². The number of unbranched alkanes of at least 4 members (excludes halogenated alkanes) is 1. The molecule has 9 heteroatoms. The molecule has 1 aliphatic rings. The maximum absolute atomic E-state index is 11.9. The summed E-state index contributed by atoms with van der Waals surface area (Å²) in [4.78, 5) is 0. The van der Waals surface area contributed by atoms with Crippen LogP contribution in [0.15, 0.2) is 0 Å². The minimum atomic E-state index is -3.40. The van der Waals surface area contributed by atoms with E-state index in [1.807, 2.05) is 6.92 Å². The van der Waals surface area contributed by atoms with Gasteiger partial charge < -0.3 is 4.74 Å². The van der Waals surface area contributed by atoms with Gasteiger partial charge in [-0.25, -0.2) is 21.6 Å². The van der Waals surface area contributed by atoms with Crippen LogP contribution in [0.2, 0.25) is 0 Å². The lowest BCUT2D eigenvalue weighted by Gasteiger charge is -2.26. The molecule has 0 aliphatic carbocycles. The number of hydrogen-bond donors (Lipinski definition) is 1. The van der Waals surface area contributed by atoms with E-state index in [1.54, 1.807) is 0 Å². The van der Waals surface area contributed by atoms with Gasteiger partial charge in [0.2, 0.25) is 20.0 Å². The SMILES string of the molecule is CCCCS(=O)(=O)NCCS(=O)(=O)N1CCOCC1. The van der Waals surface area contributed by atoms with Crippen LogP contribution in [-0.2, 0) is 24.8 Å². The van der Waals surface area contributed by atoms with Crippen molar-refractivity contribution in [2.45, 2.75) is 19.8 Å². The third-order valence-electron chi connectivity index (χ3n) is 2.81. The van der Waals surface area contributed by atoms with E-state index in [0.29, 0.717) is 32.7 Å². The Bertz CT molecular complexity index is 454. The monoisotopic (exact) mass is 314 g/mol. The zero-order chi connectivity index (χ0) is 14.4. The van der Waals surface area contributed by atoms with Crippen LogP contribution < -0.4 is 4.72 Å². The van der Waals surface area contributed by atoms with Gasteiger partial charge >= 0.3 is 0 Å². The maximum Gasteiger partial charge on any atom is 0.215 e. The highest BCUT2D eigenvalue weighted by Gasteiger charge is 2.24. The molecule has 1 rings (SSSR count). The van der Waals surface area contributed by atoms with Gasteiger partial charge in [-0.3, -0.25) is 0 Å². The topological polar surface area (TPSA) is 92.8 Å². The number of ether oxygens (including phenoxy) is 1. The number of morpholine rings is 1. The average Bonchev–Trinajstić information content (AvgIpc) is 2.37. The van der Waals surface area contributed by atoms with E-state index in [4.69, 9.17) is 4.74 Å². The summed E-state index contributed by atoms with van der Waals surface area (Å²) in [6.07, 6.45) is 1.36. The number of rotatable bonds is 8. The zero-order valence-electron chi connectivity index (χ0n) is 11.2. The molecule has 0 amide bonds. The van der Waals surface area contributed by atoms with E-state index in [9.17, 15) is 16.8 Å². The highest BCUT2D eigenvalue weighted by Crippen LogP contribution is 2.05. The Morgan fingerprint density at radius 3 is 2.32 bits per heavy atom. The number of nitrogens with one attached hydrogen (secondary N) is 1. The minimum absolute atomic E-state index is 0.0428. The lowest BCUT2D eigenvalue weighted by Crippen LogP contribution is -2.43. The van der Waals surface area contributed by atoms with Crippen LogP contribution in [-0.4, -0.2) is 65.5 Å². The Morgan fingerprint density at radius 2 is 1.74 bits per heavy atom. The Balaban J connectivity index is 2.39. The third-order valence-corrected chi connectivity index (χ3v) is 6.15. The van der Waals surface area contributed by atoms with Crippen LogP contribution >= 0.6 is 0 Å². The van der Waals surface area contributed by atoms with Crippen molar-refractivity contribution in [1.82, 2.24) is 9.03 Å². The summed E-state index contributed by atoms with van der Waals surface area (Å²) in [6.45, 7) is 3.28. The number of hydrogen-bond acceptors (Lipinski definition) is 5. The van der Waals surface area contributed by atoms with Crippen molar-refractivity contribution in [2.75, 3.05) is 44.4 Å². The third kappa shape index (κ3) is 6.17. The van der Waals surface area contributed by atoms with E-state index in [1.165, 1.54) is 4.31 Å². The van der Waals surface area contributed by atoms with Crippen molar-refractivity contribution < 1.29 is 21.6 Å². The number of nitrogens with zero attached hydrogens (tertiary/aromatic N) is 1. The predicted molar refractivity (Wildman–Crippen MR) is 72.9 cm³/mol. The minimum Gasteiger partial charge on any atom is -0.379 e. The van der Waals surface area contributed by atoms with Crippen molar-refractivity contribution in [3.8, 4) is 0 Å². The van der Waals surface area contributed by atoms with Crippen LogP contribution in [0.5, 0.6) is 0 Å². The molecule has 0 aromatic carbocycles. The first kappa shape index (κ1) is 16.8. The molecule has 0 atom stereocenters. The van der Waals surface area contributed by atoms with Crippen molar-refractivity contribution in [2.24, 2.45) is 0 Å². The molecule has 7 nitrogen and oxygen atoms in total. The summed E-state index contributed by atoms with van der Waals surface area (Å²) >= 11 is 0. The Morgan fingerprint density at radius 1 is 1.11 bits per heavy atom. The van der Waals surface area contributed by atoms with E-state index < -0.39 is 20.0 Å². The van der Waals surface area contributed by atoms with E-state index in [2.05, 4.69) is 4.72 Å². The molecular weight excluding hydrogens is 292 g/mol. The van der Waals surface area contributed by atoms with Crippen LogP contribution in [0.25, 0.3) is 0 Å². The predicted octanol–water partition coefficient (Wildman–Crippen LogP) is -0.632. The molecule has 0 bridgehead atoms. The quantitative estimate of drug-likeness (QED) is 0.644. The Kier molecular flexibility index (Phi) is 6.67. The van der Waals surface area contributed by atoms with Gasteiger partial charge in [-0.05, 0) is 6.42 Å². The standard InChI is InChI=1S/C10H22N2O5S2/c1-2-3-9-18(13,14)11-4-10-19(15,16)12-5-7-17-8-6-12/h11H,2-10H2,1H3. The first-order valence-corrected chi connectivity index (χ1v) is 9.66. The maximum atomic E-state index is 11.9. The van der Waals surface area contributed by atoms with Gasteiger partial charge in [0.1, 0.15) is 0 Å². The lowest BCUT2D eigenvalue weighted by atomic mass is 10.4. The first-order chi connectivity index (χ1) is 8.87. The highest BCUT2D eigenvalue weighted by atomic mass is 32.2. The molecule has 1 fully saturated rings. The highest BCUT2D eigenvalue weighted by molar-refractivity contribution is 7.90. The van der Waals surface area contributed by atoms with Gasteiger partial charge in [0.05, 0.1) is 24.7 Å². The summed E-state index contributed by atoms with van der Waals surface area (Å²) in [5, 5.41) is 0. The van der Waals surface area contributed by atoms with Gasteiger partial charge in [0, 0.05) is 19.6 Å². The van der Waals surface area contributed by atoms with Crippen molar-refractivity contribution >= 4 is 20.0 Å². The molecule has 19 heavy (non-hydrogen) atoms.